The fourth-order valence-electron chi connectivity index (χ4n) is 2.87. The summed E-state index contributed by atoms with van der Waals surface area (Å²) in [5, 5.41) is 15.0. The van der Waals surface area contributed by atoms with Gasteiger partial charge in [-0.15, -0.1) is 10.2 Å². The van der Waals surface area contributed by atoms with Gasteiger partial charge in [-0.25, -0.2) is 0 Å². The van der Waals surface area contributed by atoms with Gasteiger partial charge in [0.1, 0.15) is 0 Å². The predicted molar refractivity (Wildman–Crippen MR) is 110 cm³/mol. The van der Waals surface area contributed by atoms with Crippen LogP contribution in [0.25, 0.3) is 11.5 Å². The first kappa shape index (κ1) is 21.2. The molecule has 0 bridgehead atoms. The van der Waals surface area contributed by atoms with E-state index in [0.717, 1.165) is 16.8 Å². The lowest BCUT2D eigenvalue weighted by Gasteiger charge is -2.13. The summed E-state index contributed by atoms with van der Waals surface area (Å²) in [7, 11) is 1.79. The Hall–Kier alpha value is -3.49. The van der Waals surface area contributed by atoms with E-state index in [0.29, 0.717) is 23.2 Å². The van der Waals surface area contributed by atoms with E-state index in [1.807, 2.05) is 38.1 Å². The normalized spacial score (nSPS) is 11.9. The van der Waals surface area contributed by atoms with Crippen LogP contribution in [0.1, 0.15) is 36.2 Å². The Morgan fingerprint density at radius 2 is 1.87 bits per heavy atom. The third-order valence-electron chi connectivity index (χ3n) is 4.74. The van der Waals surface area contributed by atoms with Crippen LogP contribution in [0.5, 0.6) is 0 Å². The summed E-state index contributed by atoms with van der Waals surface area (Å²) in [6, 6.07) is 7.70. The minimum atomic E-state index is -0.942. The average molecular weight is 411 g/mol. The number of amides is 1. The van der Waals surface area contributed by atoms with E-state index in [1.165, 1.54) is 6.92 Å². The molecule has 9 heteroatoms. The molecule has 158 valence electrons. The van der Waals surface area contributed by atoms with Gasteiger partial charge in [0.25, 0.3) is 5.91 Å². The van der Waals surface area contributed by atoms with Crippen molar-refractivity contribution in [3.05, 3.63) is 47.1 Å². The fourth-order valence-corrected chi connectivity index (χ4v) is 2.87. The van der Waals surface area contributed by atoms with Crippen molar-refractivity contribution in [2.45, 2.75) is 46.6 Å². The second-order valence-corrected chi connectivity index (χ2v) is 7.16. The molecule has 0 saturated carbocycles. The van der Waals surface area contributed by atoms with Crippen molar-refractivity contribution in [1.82, 2.24) is 20.0 Å². The minimum Gasteiger partial charge on any atom is -0.453 e. The molecule has 0 aliphatic rings. The van der Waals surface area contributed by atoms with Crippen LogP contribution in [0, 0.1) is 20.8 Å². The molecule has 3 rings (SSSR count). The van der Waals surface area contributed by atoms with Crippen LogP contribution in [-0.4, -0.2) is 38.0 Å². The second-order valence-electron chi connectivity index (χ2n) is 7.16. The van der Waals surface area contributed by atoms with Gasteiger partial charge in [-0.2, -0.15) is 5.10 Å². The Labute approximate surface area is 174 Å². The molecule has 1 N–H and O–H groups in total. The molecule has 9 nitrogen and oxygen atoms in total. The third kappa shape index (κ3) is 4.91. The first-order valence-electron chi connectivity index (χ1n) is 9.64. The molecular formula is C21H25N5O4. The van der Waals surface area contributed by atoms with Crippen LogP contribution >= 0.6 is 0 Å². The van der Waals surface area contributed by atoms with Crippen LogP contribution in [0.2, 0.25) is 0 Å². The summed E-state index contributed by atoms with van der Waals surface area (Å²) >= 11 is 0. The van der Waals surface area contributed by atoms with Crippen molar-refractivity contribution >= 4 is 17.6 Å². The number of carbonyl (C=O) groups is 2. The van der Waals surface area contributed by atoms with Crippen LogP contribution in [-0.2, 0) is 27.8 Å². The predicted octanol–water partition coefficient (Wildman–Crippen LogP) is 2.90. The second kappa shape index (κ2) is 8.89. The maximum atomic E-state index is 12.4. The number of aromatic nitrogens is 4. The van der Waals surface area contributed by atoms with E-state index in [2.05, 4.69) is 20.6 Å². The number of nitrogens with zero attached hydrogens (tertiary/aromatic N) is 4. The van der Waals surface area contributed by atoms with Crippen LogP contribution in [0.15, 0.2) is 28.7 Å². The lowest BCUT2D eigenvalue weighted by Crippen LogP contribution is -2.30. The summed E-state index contributed by atoms with van der Waals surface area (Å²) in [6.07, 6.45) is -0.687. The molecule has 2 aromatic heterocycles. The van der Waals surface area contributed by atoms with E-state index in [4.69, 9.17) is 9.15 Å². The summed E-state index contributed by atoms with van der Waals surface area (Å²) in [5.74, 6) is -0.205. The topological polar surface area (TPSA) is 112 Å². The molecule has 3 aromatic rings. The number of nitrogens with one attached hydrogen (secondary N) is 1. The number of anilines is 1. The van der Waals surface area contributed by atoms with E-state index >= 15 is 0 Å². The number of carbonyl (C=O) groups excluding carboxylic acids is 2. The molecule has 2 heterocycles. The molecule has 1 atom stereocenters. The molecule has 0 spiro atoms. The minimum absolute atomic E-state index is 0.0259. The third-order valence-corrected chi connectivity index (χ3v) is 4.74. The quantitative estimate of drug-likeness (QED) is 0.595. The van der Waals surface area contributed by atoms with Crippen molar-refractivity contribution in [3.63, 3.8) is 0 Å². The van der Waals surface area contributed by atoms with Crippen molar-refractivity contribution in [3.8, 4) is 11.5 Å². The van der Waals surface area contributed by atoms with Crippen molar-refractivity contribution in [1.29, 1.82) is 0 Å². The fraction of sp³-hybridized carbons (Fsp3) is 0.381. The summed E-state index contributed by atoms with van der Waals surface area (Å²) < 4.78 is 12.5. The SMILES string of the molecule is Cc1ccc(-c2nnc(CCC(=O)OC(C)C(=O)Nc3c(C)nn(C)c3C)o2)cc1. The highest BCUT2D eigenvalue weighted by Gasteiger charge is 2.21. The molecule has 0 aliphatic carbocycles. The van der Waals surface area contributed by atoms with Crippen LogP contribution in [0.3, 0.4) is 0 Å². The Balaban J connectivity index is 1.50. The van der Waals surface area contributed by atoms with Crippen molar-refractivity contribution in [2.75, 3.05) is 5.32 Å². The molecule has 30 heavy (non-hydrogen) atoms. The van der Waals surface area contributed by atoms with Gasteiger partial charge in [-0.1, -0.05) is 17.7 Å². The zero-order valence-corrected chi connectivity index (χ0v) is 17.7. The van der Waals surface area contributed by atoms with Gasteiger partial charge in [0.05, 0.1) is 23.5 Å². The maximum absolute atomic E-state index is 12.4. The van der Waals surface area contributed by atoms with Gasteiger partial charge < -0.3 is 14.5 Å². The lowest BCUT2D eigenvalue weighted by molar-refractivity contribution is -0.153. The van der Waals surface area contributed by atoms with E-state index in [9.17, 15) is 9.59 Å². The molecule has 1 aromatic carbocycles. The van der Waals surface area contributed by atoms with E-state index < -0.39 is 18.0 Å². The number of esters is 1. The largest absolute Gasteiger partial charge is 0.453 e. The number of rotatable bonds is 7. The number of aryl methyl sites for hydroxylation is 4. The van der Waals surface area contributed by atoms with E-state index in [-0.39, 0.29) is 12.8 Å². The average Bonchev–Trinajstić information content (AvgIpc) is 3.27. The highest BCUT2D eigenvalue weighted by molar-refractivity contribution is 5.96. The van der Waals surface area contributed by atoms with Crippen molar-refractivity contribution in [2.24, 2.45) is 7.05 Å². The van der Waals surface area contributed by atoms with Crippen molar-refractivity contribution < 1.29 is 18.7 Å². The molecule has 1 amide bonds. The Kier molecular flexibility index (Phi) is 6.29. The zero-order valence-electron chi connectivity index (χ0n) is 17.7. The Morgan fingerprint density at radius 1 is 1.17 bits per heavy atom. The first-order valence-corrected chi connectivity index (χ1v) is 9.64. The Bertz CT molecular complexity index is 1050. The number of ether oxygens (including phenoxy) is 1. The van der Waals surface area contributed by atoms with Gasteiger partial charge in [0, 0.05) is 19.0 Å². The van der Waals surface area contributed by atoms with Gasteiger partial charge in [0.15, 0.2) is 6.10 Å². The van der Waals surface area contributed by atoms with Crippen LogP contribution < -0.4 is 5.32 Å². The van der Waals surface area contributed by atoms with Gasteiger partial charge in [-0.05, 0) is 39.8 Å². The molecule has 0 radical (unpaired) electrons. The highest BCUT2D eigenvalue weighted by atomic mass is 16.5. The molecule has 0 saturated heterocycles. The summed E-state index contributed by atoms with van der Waals surface area (Å²) in [6.45, 7) is 7.17. The summed E-state index contributed by atoms with van der Waals surface area (Å²) in [5.41, 5.74) is 4.09. The molecule has 0 aliphatic heterocycles. The number of hydrogen-bond acceptors (Lipinski definition) is 7. The molecular weight excluding hydrogens is 386 g/mol. The number of benzene rings is 1. The zero-order chi connectivity index (χ0) is 21.8. The van der Waals surface area contributed by atoms with E-state index in [1.54, 1.807) is 18.7 Å². The number of hydrogen-bond donors (Lipinski definition) is 1. The molecule has 0 fully saturated rings. The maximum Gasteiger partial charge on any atom is 0.307 e. The lowest BCUT2D eigenvalue weighted by atomic mass is 10.1. The highest BCUT2D eigenvalue weighted by Crippen LogP contribution is 2.20. The summed E-state index contributed by atoms with van der Waals surface area (Å²) in [4.78, 5) is 24.5. The van der Waals surface area contributed by atoms with Crippen LogP contribution in [0.4, 0.5) is 5.69 Å². The van der Waals surface area contributed by atoms with Gasteiger partial charge in [-0.3, -0.25) is 14.3 Å². The first-order chi connectivity index (χ1) is 14.2. The Morgan fingerprint density at radius 3 is 2.50 bits per heavy atom. The van der Waals surface area contributed by atoms with Gasteiger partial charge >= 0.3 is 5.97 Å². The smallest absolute Gasteiger partial charge is 0.307 e. The monoisotopic (exact) mass is 411 g/mol. The standard InChI is InChI=1S/C21H25N5O4/c1-12-6-8-16(9-7-12)21-24-23-17(30-21)10-11-18(27)29-15(4)20(28)22-19-13(2)25-26(5)14(19)3/h6-9,15H,10-11H2,1-5H3,(H,22,28). The molecule has 1 unspecified atom stereocenters. The van der Waals surface area contributed by atoms with Gasteiger partial charge in [0.2, 0.25) is 11.8 Å².